The molecule has 8 heteroatoms. The molecule has 2 aliphatic heterocycles. The maximum absolute atomic E-state index is 13.6. The summed E-state index contributed by atoms with van der Waals surface area (Å²) in [5.74, 6) is -1.37. The molecule has 1 aromatic carbocycles. The van der Waals surface area contributed by atoms with Crippen molar-refractivity contribution >= 4 is 17.7 Å². The van der Waals surface area contributed by atoms with Gasteiger partial charge in [-0.05, 0) is 26.3 Å². The highest BCUT2D eigenvalue weighted by Gasteiger charge is 2.36. The van der Waals surface area contributed by atoms with E-state index in [4.69, 9.17) is 4.74 Å². The Labute approximate surface area is 163 Å². The largest absolute Gasteiger partial charge is 0.487 e. The lowest BCUT2D eigenvalue weighted by Gasteiger charge is -2.38. The monoisotopic (exact) mass is 391 g/mol. The highest BCUT2D eigenvalue weighted by Crippen LogP contribution is 2.39. The fraction of sp³-hybridized carbons (Fsp3) is 0.550. The number of carbonyl (C=O) groups is 3. The van der Waals surface area contributed by atoms with Gasteiger partial charge in [-0.2, -0.15) is 0 Å². The number of ether oxygens (including phenoxy) is 1. The highest BCUT2D eigenvalue weighted by atomic mass is 19.1. The number of amides is 3. The smallest absolute Gasteiger partial charge is 0.311 e. The number of likely N-dealkylation sites (N-methyl/N-ethyl adjacent to an activating group) is 1. The van der Waals surface area contributed by atoms with Crippen LogP contribution in [0.3, 0.4) is 0 Å². The van der Waals surface area contributed by atoms with Crippen LogP contribution >= 0.6 is 0 Å². The summed E-state index contributed by atoms with van der Waals surface area (Å²) in [6, 6.07) is 3.71. The van der Waals surface area contributed by atoms with E-state index in [2.05, 4.69) is 5.32 Å². The average molecular weight is 391 g/mol. The molecule has 1 unspecified atom stereocenters. The van der Waals surface area contributed by atoms with Crippen molar-refractivity contribution < 1.29 is 23.5 Å². The number of hydrogen-bond donors (Lipinski definition) is 1. The zero-order chi connectivity index (χ0) is 20.5. The van der Waals surface area contributed by atoms with Crippen LogP contribution < -0.4 is 10.1 Å². The van der Waals surface area contributed by atoms with Gasteiger partial charge in [0.05, 0.1) is 6.04 Å². The Bertz CT molecular complexity index is 796. The summed E-state index contributed by atoms with van der Waals surface area (Å²) in [5, 5.41) is 2.75. The fourth-order valence-corrected chi connectivity index (χ4v) is 3.66. The highest BCUT2D eigenvalue weighted by molar-refractivity contribution is 6.35. The zero-order valence-corrected chi connectivity index (χ0v) is 16.5. The average Bonchev–Trinajstić information content (AvgIpc) is 3.02. The number of hydrogen-bond acceptors (Lipinski definition) is 4. The summed E-state index contributed by atoms with van der Waals surface area (Å²) in [6.07, 6.45) is 1.82. The number of carbonyl (C=O) groups excluding carboxylic acids is 3. The standard InChI is InChI=1S/C20H26FN3O4/c1-20(2)12-15(14-7-6-13(21)11-16(14)28-20)22-18(26)19(27)23(3)9-10-24-8-4-5-17(24)25/h6-7,11,15H,4-5,8-10,12H2,1-3H3,(H,22,26). The molecule has 0 aromatic heterocycles. The summed E-state index contributed by atoms with van der Waals surface area (Å²) in [4.78, 5) is 39.6. The minimum absolute atomic E-state index is 0.0820. The van der Waals surface area contributed by atoms with Gasteiger partial charge in [-0.15, -0.1) is 0 Å². The second-order valence-electron chi connectivity index (χ2n) is 7.99. The number of fused-ring (bicyclic) bond motifs is 1. The summed E-state index contributed by atoms with van der Waals surface area (Å²) in [6.45, 7) is 5.10. The Hall–Kier alpha value is -2.64. The van der Waals surface area contributed by atoms with Gasteiger partial charge in [0.2, 0.25) is 5.91 Å². The lowest BCUT2D eigenvalue weighted by Crippen LogP contribution is -2.47. The molecule has 2 heterocycles. The third-order valence-corrected chi connectivity index (χ3v) is 5.16. The predicted molar refractivity (Wildman–Crippen MR) is 100 cm³/mol. The molecule has 1 atom stereocenters. The van der Waals surface area contributed by atoms with Crippen molar-refractivity contribution in [1.29, 1.82) is 0 Å². The van der Waals surface area contributed by atoms with E-state index in [-0.39, 0.29) is 5.91 Å². The first-order chi connectivity index (χ1) is 13.2. The number of nitrogens with one attached hydrogen (secondary N) is 1. The molecular formula is C20H26FN3O4. The Kier molecular flexibility index (Phi) is 5.58. The van der Waals surface area contributed by atoms with Gasteiger partial charge in [0.1, 0.15) is 17.2 Å². The van der Waals surface area contributed by atoms with Crippen molar-refractivity contribution in [2.45, 2.75) is 44.8 Å². The van der Waals surface area contributed by atoms with Crippen LogP contribution in [0.4, 0.5) is 4.39 Å². The van der Waals surface area contributed by atoms with E-state index >= 15 is 0 Å². The van der Waals surface area contributed by atoms with Crippen LogP contribution in [-0.4, -0.2) is 59.8 Å². The van der Waals surface area contributed by atoms with Crippen LogP contribution in [-0.2, 0) is 14.4 Å². The zero-order valence-electron chi connectivity index (χ0n) is 16.5. The second-order valence-corrected chi connectivity index (χ2v) is 7.99. The van der Waals surface area contributed by atoms with E-state index in [1.807, 2.05) is 13.8 Å². The first-order valence-corrected chi connectivity index (χ1v) is 9.48. The molecule has 1 aromatic rings. The topological polar surface area (TPSA) is 79.0 Å². The van der Waals surface area contributed by atoms with Gasteiger partial charge < -0.3 is 19.9 Å². The number of rotatable bonds is 4. The fourth-order valence-electron chi connectivity index (χ4n) is 3.66. The Morgan fingerprint density at radius 2 is 2.14 bits per heavy atom. The van der Waals surface area contributed by atoms with Crippen LogP contribution in [0, 0.1) is 5.82 Å². The minimum Gasteiger partial charge on any atom is -0.487 e. The lowest BCUT2D eigenvalue weighted by molar-refractivity contribution is -0.146. The van der Waals surface area contributed by atoms with Gasteiger partial charge in [-0.1, -0.05) is 6.07 Å². The second kappa shape index (κ2) is 7.77. The van der Waals surface area contributed by atoms with Crippen molar-refractivity contribution in [3.05, 3.63) is 29.6 Å². The Morgan fingerprint density at radius 1 is 1.39 bits per heavy atom. The van der Waals surface area contributed by atoms with E-state index in [0.29, 0.717) is 43.8 Å². The molecular weight excluding hydrogens is 365 g/mol. The Balaban J connectivity index is 1.63. The van der Waals surface area contributed by atoms with Gasteiger partial charge in [0.25, 0.3) is 0 Å². The van der Waals surface area contributed by atoms with Crippen LogP contribution in [0.1, 0.15) is 44.7 Å². The summed E-state index contributed by atoms with van der Waals surface area (Å²) < 4.78 is 19.4. The van der Waals surface area contributed by atoms with Crippen molar-refractivity contribution in [3.63, 3.8) is 0 Å². The van der Waals surface area contributed by atoms with Crippen LogP contribution in [0.5, 0.6) is 5.75 Å². The maximum atomic E-state index is 13.6. The molecule has 1 fully saturated rings. The lowest BCUT2D eigenvalue weighted by atomic mass is 9.89. The van der Waals surface area contributed by atoms with E-state index in [1.54, 1.807) is 18.0 Å². The molecule has 1 N–H and O–H groups in total. The minimum atomic E-state index is -0.728. The maximum Gasteiger partial charge on any atom is 0.311 e. The molecule has 0 bridgehead atoms. The molecule has 28 heavy (non-hydrogen) atoms. The normalized spacial score (nSPS) is 20.4. The molecule has 2 aliphatic rings. The molecule has 3 amide bonds. The van der Waals surface area contributed by atoms with Crippen molar-refractivity contribution in [3.8, 4) is 5.75 Å². The van der Waals surface area contributed by atoms with E-state index in [1.165, 1.54) is 17.0 Å². The van der Waals surface area contributed by atoms with Gasteiger partial charge in [-0.25, -0.2) is 4.39 Å². The molecule has 0 aliphatic carbocycles. The molecule has 0 saturated carbocycles. The van der Waals surface area contributed by atoms with Crippen LogP contribution in [0.15, 0.2) is 18.2 Å². The molecule has 0 radical (unpaired) electrons. The van der Waals surface area contributed by atoms with Crippen molar-refractivity contribution in [1.82, 2.24) is 15.1 Å². The third kappa shape index (κ3) is 4.43. The summed E-state index contributed by atoms with van der Waals surface area (Å²) >= 11 is 0. The third-order valence-electron chi connectivity index (χ3n) is 5.16. The number of nitrogens with zero attached hydrogens (tertiary/aromatic N) is 2. The number of benzene rings is 1. The molecule has 3 rings (SSSR count). The summed E-state index contributed by atoms with van der Waals surface area (Å²) in [5.41, 5.74) is 0.0382. The van der Waals surface area contributed by atoms with E-state index < -0.39 is 29.3 Å². The first kappa shape index (κ1) is 20.1. The van der Waals surface area contributed by atoms with Gasteiger partial charge in [-0.3, -0.25) is 14.4 Å². The van der Waals surface area contributed by atoms with E-state index in [9.17, 15) is 18.8 Å². The number of halogens is 1. The van der Waals surface area contributed by atoms with Crippen molar-refractivity contribution in [2.75, 3.05) is 26.7 Å². The quantitative estimate of drug-likeness (QED) is 0.792. The predicted octanol–water partition coefficient (Wildman–Crippen LogP) is 1.62. The van der Waals surface area contributed by atoms with Crippen LogP contribution in [0.25, 0.3) is 0 Å². The molecule has 1 saturated heterocycles. The van der Waals surface area contributed by atoms with Crippen molar-refractivity contribution in [2.24, 2.45) is 0 Å². The number of likely N-dealkylation sites (tertiary alicyclic amines) is 1. The molecule has 152 valence electrons. The SMILES string of the molecule is CN(CCN1CCCC1=O)C(=O)C(=O)NC1CC(C)(C)Oc2cc(F)ccc21. The van der Waals surface area contributed by atoms with Gasteiger partial charge in [0.15, 0.2) is 0 Å². The van der Waals surface area contributed by atoms with E-state index in [0.717, 1.165) is 6.42 Å². The first-order valence-electron chi connectivity index (χ1n) is 9.48. The summed E-state index contributed by atoms with van der Waals surface area (Å²) in [7, 11) is 1.54. The Morgan fingerprint density at radius 3 is 2.82 bits per heavy atom. The molecule has 0 spiro atoms. The van der Waals surface area contributed by atoms with Gasteiger partial charge in [0, 0.05) is 51.2 Å². The van der Waals surface area contributed by atoms with Gasteiger partial charge >= 0.3 is 11.8 Å². The molecule has 7 nitrogen and oxygen atoms in total. The van der Waals surface area contributed by atoms with Crippen LogP contribution in [0.2, 0.25) is 0 Å².